The van der Waals surface area contributed by atoms with Crippen molar-refractivity contribution in [3.05, 3.63) is 23.2 Å². The second kappa shape index (κ2) is 8.62. The molecule has 0 spiro atoms. The van der Waals surface area contributed by atoms with Crippen LogP contribution in [0.5, 0.6) is 0 Å². The number of carbonyl (C=O) groups is 2. The van der Waals surface area contributed by atoms with Gasteiger partial charge in [-0.2, -0.15) is 0 Å². The van der Waals surface area contributed by atoms with Crippen LogP contribution < -0.4 is 15.5 Å². The number of halogens is 1. The molecule has 31 heavy (non-hydrogen) atoms. The van der Waals surface area contributed by atoms with Gasteiger partial charge in [0.2, 0.25) is 11.8 Å². The fourth-order valence-corrected chi connectivity index (χ4v) is 7.10. The molecule has 1 aromatic carbocycles. The Labute approximate surface area is 189 Å². The summed E-state index contributed by atoms with van der Waals surface area (Å²) in [6, 6.07) is 5.56. The molecule has 6 nitrogen and oxygen atoms in total. The Morgan fingerprint density at radius 1 is 1.06 bits per heavy atom. The Balaban J connectivity index is 1.16. The number of ether oxygens (including phenoxy) is 1. The monoisotopic (exact) mass is 445 g/mol. The van der Waals surface area contributed by atoms with Crippen LogP contribution in [0.4, 0.5) is 11.4 Å². The quantitative estimate of drug-likeness (QED) is 0.698. The molecule has 1 heterocycles. The van der Waals surface area contributed by atoms with Crippen molar-refractivity contribution < 1.29 is 14.3 Å². The normalized spacial score (nSPS) is 31.5. The Kier molecular flexibility index (Phi) is 5.86. The minimum absolute atomic E-state index is 0.109. The lowest BCUT2D eigenvalue weighted by Crippen LogP contribution is -2.53. The summed E-state index contributed by atoms with van der Waals surface area (Å²) in [6.07, 6.45) is 7.35. The third kappa shape index (κ3) is 4.29. The lowest BCUT2D eigenvalue weighted by atomic mass is 9.49. The van der Waals surface area contributed by atoms with Crippen molar-refractivity contribution in [1.29, 1.82) is 0 Å². The number of hydrogen-bond acceptors (Lipinski definition) is 4. The molecule has 0 aromatic heterocycles. The first-order valence-electron chi connectivity index (χ1n) is 11.7. The van der Waals surface area contributed by atoms with Gasteiger partial charge in [0, 0.05) is 31.5 Å². The number of amides is 2. The van der Waals surface area contributed by atoms with E-state index in [1.807, 2.05) is 18.2 Å². The first-order valence-corrected chi connectivity index (χ1v) is 12.1. The largest absolute Gasteiger partial charge is 0.378 e. The van der Waals surface area contributed by atoms with Crippen molar-refractivity contribution in [3.8, 4) is 0 Å². The van der Waals surface area contributed by atoms with Gasteiger partial charge in [0.15, 0.2) is 0 Å². The zero-order valence-electron chi connectivity index (χ0n) is 18.0. The Hall–Kier alpha value is -1.79. The Bertz CT molecular complexity index is 817. The van der Waals surface area contributed by atoms with Gasteiger partial charge in [0.1, 0.15) is 0 Å². The molecule has 168 valence electrons. The fourth-order valence-electron chi connectivity index (χ4n) is 6.80. The van der Waals surface area contributed by atoms with E-state index in [1.54, 1.807) is 0 Å². The van der Waals surface area contributed by atoms with E-state index in [0.717, 1.165) is 55.8 Å². The van der Waals surface area contributed by atoms with Crippen LogP contribution in [-0.2, 0) is 14.3 Å². The number of nitrogens with zero attached hydrogens (tertiary/aromatic N) is 1. The molecule has 1 aromatic rings. The first kappa shape index (κ1) is 21.1. The zero-order chi connectivity index (χ0) is 21.4. The van der Waals surface area contributed by atoms with E-state index in [1.165, 1.54) is 19.3 Å². The van der Waals surface area contributed by atoms with Crippen LogP contribution in [0.2, 0.25) is 5.02 Å². The van der Waals surface area contributed by atoms with Crippen LogP contribution in [0.1, 0.15) is 44.9 Å². The molecular weight excluding hydrogens is 414 g/mol. The number of anilines is 2. The summed E-state index contributed by atoms with van der Waals surface area (Å²) < 4.78 is 5.43. The number of benzene rings is 1. The molecule has 5 fully saturated rings. The maximum absolute atomic E-state index is 13.1. The van der Waals surface area contributed by atoms with Gasteiger partial charge in [-0.25, -0.2) is 0 Å². The van der Waals surface area contributed by atoms with E-state index in [2.05, 4.69) is 15.5 Å². The van der Waals surface area contributed by atoms with Crippen LogP contribution in [0.3, 0.4) is 0 Å². The fraction of sp³-hybridized carbons (Fsp3) is 0.667. The average molecular weight is 446 g/mol. The highest BCUT2D eigenvalue weighted by Gasteiger charge is 2.54. The smallest absolute Gasteiger partial charge is 0.226 e. The van der Waals surface area contributed by atoms with Crippen molar-refractivity contribution >= 4 is 34.8 Å². The van der Waals surface area contributed by atoms with Crippen LogP contribution >= 0.6 is 11.6 Å². The number of morpholine rings is 1. The second-order valence-corrected chi connectivity index (χ2v) is 10.4. The minimum Gasteiger partial charge on any atom is -0.378 e. The highest BCUT2D eigenvalue weighted by Crippen LogP contribution is 2.60. The van der Waals surface area contributed by atoms with E-state index in [-0.39, 0.29) is 23.7 Å². The van der Waals surface area contributed by atoms with E-state index < -0.39 is 0 Å². The van der Waals surface area contributed by atoms with E-state index in [0.29, 0.717) is 30.5 Å². The van der Waals surface area contributed by atoms with Gasteiger partial charge in [0.25, 0.3) is 0 Å². The molecule has 0 atom stereocenters. The molecule has 7 heteroatoms. The Morgan fingerprint density at radius 3 is 2.35 bits per heavy atom. The number of rotatable bonds is 6. The van der Waals surface area contributed by atoms with Crippen molar-refractivity contribution in [3.63, 3.8) is 0 Å². The molecule has 5 aliphatic rings. The van der Waals surface area contributed by atoms with Crippen molar-refractivity contribution in [1.82, 2.24) is 5.32 Å². The topological polar surface area (TPSA) is 70.7 Å². The highest BCUT2D eigenvalue weighted by atomic mass is 35.5. The molecule has 0 radical (unpaired) electrons. The molecule has 4 bridgehead atoms. The van der Waals surface area contributed by atoms with Crippen molar-refractivity contribution in [2.45, 2.75) is 44.9 Å². The minimum atomic E-state index is -0.165. The molecule has 6 rings (SSSR count). The van der Waals surface area contributed by atoms with E-state index >= 15 is 0 Å². The van der Waals surface area contributed by atoms with Crippen LogP contribution in [0.25, 0.3) is 0 Å². The van der Waals surface area contributed by atoms with Gasteiger partial charge in [-0.15, -0.1) is 0 Å². The van der Waals surface area contributed by atoms with E-state index in [9.17, 15) is 9.59 Å². The van der Waals surface area contributed by atoms with Gasteiger partial charge in [0.05, 0.1) is 29.6 Å². The van der Waals surface area contributed by atoms with Crippen LogP contribution in [0.15, 0.2) is 18.2 Å². The summed E-state index contributed by atoms with van der Waals surface area (Å²) in [5.41, 5.74) is 1.40. The van der Waals surface area contributed by atoms with Gasteiger partial charge >= 0.3 is 0 Å². The summed E-state index contributed by atoms with van der Waals surface area (Å²) in [5, 5.41) is 6.71. The standard InChI is InChI=1S/C24H32ClN3O3/c25-19-2-1-3-20(22(19)28-6-8-31-9-7-28)27-21(29)4-5-26-23(30)24-13-16-10-17(14-24)12-18(11-16)15-24/h1-3,16-18H,4-15H2,(H,26,30)(H,27,29). The lowest BCUT2D eigenvalue weighted by Gasteiger charge is -2.55. The van der Waals surface area contributed by atoms with Crippen molar-refractivity contribution in [2.75, 3.05) is 43.1 Å². The number of hydrogen-bond donors (Lipinski definition) is 2. The van der Waals surface area contributed by atoms with E-state index in [4.69, 9.17) is 16.3 Å². The predicted octanol–water partition coefficient (Wildman–Crippen LogP) is 3.84. The summed E-state index contributed by atoms with van der Waals surface area (Å²) in [7, 11) is 0. The average Bonchev–Trinajstić information content (AvgIpc) is 2.73. The first-order chi connectivity index (χ1) is 15.0. The van der Waals surface area contributed by atoms with Gasteiger partial charge in [-0.1, -0.05) is 17.7 Å². The maximum atomic E-state index is 13.1. The second-order valence-electron chi connectivity index (χ2n) is 9.99. The highest BCUT2D eigenvalue weighted by molar-refractivity contribution is 6.34. The third-order valence-corrected chi connectivity index (χ3v) is 8.05. The summed E-state index contributed by atoms with van der Waals surface area (Å²) in [4.78, 5) is 27.9. The molecule has 2 N–H and O–H groups in total. The van der Waals surface area contributed by atoms with Crippen molar-refractivity contribution in [2.24, 2.45) is 23.2 Å². The molecule has 2 amide bonds. The molecule has 0 unspecified atom stereocenters. The molecule has 4 saturated carbocycles. The number of nitrogens with one attached hydrogen (secondary N) is 2. The SMILES string of the molecule is O=C(CCNC(=O)C12CC3CC(CC(C3)C1)C2)Nc1cccc(Cl)c1N1CCOCC1. The van der Waals surface area contributed by atoms with Crippen LogP contribution in [0, 0.1) is 23.2 Å². The maximum Gasteiger partial charge on any atom is 0.226 e. The number of para-hydroxylation sites is 1. The predicted molar refractivity (Wildman–Crippen MR) is 121 cm³/mol. The lowest BCUT2D eigenvalue weighted by molar-refractivity contribution is -0.146. The Morgan fingerprint density at radius 2 is 1.71 bits per heavy atom. The molecule has 4 aliphatic carbocycles. The van der Waals surface area contributed by atoms with Crippen LogP contribution in [-0.4, -0.2) is 44.7 Å². The van der Waals surface area contributed by atoms with Gasteiger partial charge in [-0.3, -0.25) is 9.59 Å². The molecular formula is C24H32ClN3O3. The zero-order valence-corrected chi connectivity index (χ0v) is 18.8. The number of carbonyl (C=O) groups excluding carboxylic acids is 2. The van der Waals surface area contributed by atoms with Gasteiger partial charge in [-0.05, 0) is 68.4 Å². The molecule has 1 saturated heterocycles. The summed E-state index contributed by atoms with van der Waals surface area (Å²) in [6.45, 7) is 3.16. The third-order valence-electron chi connectivity index (χ3n) is 7.75. The summed E-state index contributed by atoms with van der Waals surface area (Å²) >= 11 is 6.45. The van der Waals surface area contributed by atoms with Gasteiger partial charge < -0.3 is 20.3 Å². The molecule has 1 aliphatic heterocycles. The summed E-state index contributed by atoms with van der Waals surface area (Å²) in [5.74, 6) is 2.28.